The number of aromatic nitrogens is 2. The number of aromatic hydroxyl groups is 2. The summed E-state index contributed by atoms with van der Waals surface area (Å²) in [6.07, 6.45) is 2.97. The molecule has 58 heavy (non-hydrogen) atoms. The lowest BCUT2D eigenvalue weighted by atomic mass is 10.0. The molecule has 0 unspecified atom stereocenters. The van der Waals surface area contributed by atoms with Crippen LogP contribution in [0.1, 0.15) is 40.5 Å². The summed E-state index contributed by atoms with van der Waals surface area (Å²) in [4.78, 5) is 78.8. The fourth-order valence-corrected chi connectivity index (χ4v) is 9.15. The molecule has 0 spiro atoms. The number of rotatable bonds is 12. The third-order valence-corrected chi connectivity index (χ3v) is 12.4. The number of benzene rings is 2. The van der Waals surface area contributed by atoms with E-state index in [2.05, 4.69) is 15.5 Å². The van der Waals surface area contributed by atoms with E-state index in [0.717, 1.165) is 35.1 Å². The minimum absolute atomic E-state index is 0.00652. The normalized spacial score (nSPS) is 19.9. The SMILES string of the molecule is Nc1nc(/C(=N/OCc2ccc(O)c(O)c2)C(=O)N[C@@H]2C(=O)N3C(C(=O)O)=C(CN4CCN(c5cc6c(cc5F)c(=O)c(C(=O)O)cn6C5CC5)CC4)CS[C@H]23)cs1. The van der Waals surface area contributed by atoms with E-state index in [9.17, 15) is 44.4 Å². The molecular formula is C37H35FN8O10S2. The largest absolute Gasteiger partial charge is 0.504 e. The number of thioether (sulfide) groups is 1. The Morgan fingerprint density at radius 1 is 1.03 bits per heavy atom. The second-order valence-electron chi connectivity index (χ2n) is 14.1. The summed E-state index contributed by atoms with van der Waals surface area (Å²) in [5.74, 6) is -5.19. The number of thiazole rings is 1. The van der Waals surface area contributed by atoms with Crippen LogP contribution in [0.25, 0.3) is 10.9 Å². The number of carboxylic acid groups (broad SMARTS) is 2. The van der Waals surface area contributed by atoms with Gasteiger partial charge in [-0.15, -0.1) is 23.1 Å². The first kappa shape index (κ1) is 38.7. The van der Waals surface area contributed by atoms with E-state index in [1.165, 1.54) is 41.5 Å². The molecule has 3 aliphatic heterocycles. The van der Waals surface area contributed by atoms with Crippen LogP contribution in [0.4, 0.5) is 15.2 Å². The number of amides is 2. The lowest BCUT2D eigenvalue weighted by Crippen LogP contribution is -2.71. The van der Waals surface area contributed by atoms with Gasteiger partial charge in [-0.25, -0.2) is 19.0 Å². The van der Waals surface area contributed by atoms with E-state index in [4.69, 9.17) is 10.6 Å². The van der Waals surface area contributed by atoms with Gasteiger partial charge in [0.2, 0.25) is 5.43 Å². The van der Waals surface area contributed by atoms with Gasteiger partial charge in [0.15, 0.2) is 22.3 Å². The fourth-order valence-electron chi connectivity index (χ4n) is 7.27. The van der Waals surface area contributed by atoms with Crippen molar-refractivity contribution < 1.29 is 48.8 Å². The van der Waals surface area contributed by atoms with Crippen LogP contribution in [0.5, 0.6) is 11.5 Å². The van der Waals surface area contributed by atoms with Crippen molar-refractivity contribution in [3.05, 3.63) is 86.0 Å². The number of carboxylic acids is 2. The predicted molar refractivity (Wildman–Crippen MR) is 209 cm³/mol. The maximum Gasteiger partial charge on any atom is 0.352 e. The van der Waals surface area contributed by atoms with Crippen molar-refractivity contribution in [3.8, 4) is 11.5 Å². The van der Waals surface area contributed by atoms with Gasteiger partial charge in [-0.2, -0.15) is 0 Å². The number of β-lactam (4-membered cyclic amide) rings is 1. The number of aromatic carboxylic acids is 1. The molecule has 2 saturated heterocycles. The third-order valence-electron chi connectivity index (χ3n) is 10.3. The molecule has 7 N–H and O–H groups in total. The van der Waals surface area contributed by atoms with Gasteiger partial charge in [-0.3, -0.25) is 24.2 Å². The van der Waals surface area contributed by atoms with Crippen molar-refractivity contribution in [2.45, 2.75) is 36.9 Å². The number of nitrogens with two attached hydrogens (primary N) is 1. The topological polar surface area (TPSA) is 253 Å². The predicted octanol–water partition coefficient (Wildman–Crippen LogP) is 2.11. The summed E-state index contributed by atoms with van der Waals surface area (Å²) >= 11 is 2.35. The van der Waals surface area contributed by atoms with Crippen LogP contribution in [0.3, 0.4) is 0 Å². The van der Waals surface area contributed by atoms with E-state index < -0.39 is 52.0 Å². The van der Waals surface area contributed by atoms with E-state index in [1.54, 1.807) is 10.6 Å². The molecule has 0 bridgehead atoms. The Hall–Kier alpha value is -6.19. The van der Waals surface area contributed by atoms with Crippen molar-refractivity contribution in [3.63, 3.8) is 0 Å². The quantitative estimate of drug-likeness (QED) is 0.0518. The van der Waals surface area contributed by atoms with Crippen LogP contribution in [-0.4, -0.2) is 119 Å². The van der Waals surface area contributed by atoms with E-state index >= 15 is 4.39 Å². The zero-order valence-electron chi connectivity index (χ0n) is 30.3. The Labute approximate surface area is 335 Å². The number of oxime groups is 1. The van der Waals surface area contributed by atoms with Gasteiger partial charge in [-0.05, 0) is 48.2 Å². The summed E-state index contributed by atoms with van der Waals surface area (Å²) < 4.78 is 17.3. The molecule has 8 rings (SSSR count). The molecule has 1 aliphatic carbocycles. The zero-order chi connectivity index (χ0) is 41.0. The van der Waals surface area contributed by atoms with Gasteiger partial charge in [0.25, 0.3) is 11.8 Å². The first-order chi connectivity index (χ1) is 27.8. The number of fused-ring (bicyclic) bond motifs is 2. The highest BCUT2D eigenvalue weighted by atomic mass is 32.2. The number of hydrogen-bond donors (Lipinski definition) is 6. The molecule has 21 heteroatoms. The smallest absolute Gasteiger partial charge is 0.352 e. The molecule has 2 atom stereocenters. The number of hydrogen-bond acceptors (Lipinski definition) is 15. The highest BCUT2D eigenvalue weighted by Gasteiger charge is 2.54. The Morgan fingerprint density at radius 2 is 1.79 bits per heavy atom. The number of pyridine rings is 1. The second kappa shape index (κ2) is 15.3. The maximum absolute atomic E-state index is 15.6. The number of carbonyl (C=O) groups is 4. The maximum atomic E-state index is 15.6. The first-order valence-corrected chi connectivity index (χ1v) is 19.9. The Kier molecular flexibility index (Phi) is 10.2. The average Bonchev–Trinajstić information content (AvgIpc) is 3.95. The molecule has 5 heterocycles. The third kappa shape index (κ3) is 7.26. The van der Waals surface area contributed by atoms with Crippen LogP contribution >= 0.6 is 23.1 Å². The standard InChI is InChI=1S/C37H35FN8O10S2/c38-22-10-20-24(45(19-2-3-19)13-21(31(20)49)35(52)53)11-25(22)44-7-5-43(6-8-44)12-18-15-57-34-29(33(51)46(34)30(18)36(54)55)41-32(50)28(23-16-58-37(39)40-23)42-56-14-17-1-4-26(47)27(48)9-17/h1,4,9-11,13,16,19,29,34,47-48H,2-3,5-8,12,14-15H2,(H2,39,40)(H,41,50)(H,52,53)(H,54,55)/b42-28-/t29-,34-/m1/s1. The van der Waals surface area contributed by atoms with Crippen LogP contribution in [0.2, 0.25) is 0 Å². The lowest BCUT2D eigenvalue weighted by molar-refractivity contribution is -0.150. The van der Waals surface area contributed by atoms with Crippen molar-refractivity contribution >= 4 is 74.3 Å². The monoisotopic (exact) mass is 834 g/mol. The molecule has 4 aliphatic rings. The number of carbonyl (C=O) groups excluding carboxylic acids is 2. The van der Waals surface area contributed by atoms with Gasteiger partial charge in [-0.1, -0.05) is 11.2 Å². The number of phenolic OH excluding ortho intramolecular Hbond substituents is 2. The number of nitrogens with zero attached hydrogens (tertiary/aromatic N) is 6. The van der Waals surface area contributed by atoms with Crippen molar-refractivity contribution in [2.75, 3.05) is 49.1 Å². The highest BCUT2D eigenvalue weighted by molar-refractivity contribution is 8.00. The van der Waals surface area contributed by atoms with Crippen molar-refractivity contribution in [2.24, 2.45) is 5.16 Å². The number of aliphatic carboxylic acids is 1. The Balaban J connectivity index is 0.936. The number of nitrogen functional groups attached to an aromatic ring is 1. The Morgan fingerprint density at radius 3 is 2.45 bits per heavy atom. The van der Waals surface area contributed by atoms with Gasteiger partial charge < -0.3 is 45.8 Å². The number of halogens is 1. The summed E-state index contributed by atoms with van der Waals surface area (Å²) in [7, 11) is 0. The number of nitrogens with one attached hydrogen (secondary N) is 1. The lowest BCUT2D eigenvalue weighted by Gasteiger charge is -2.50. The summed E-state index contributed by atoms with van der Waals surface area (Å²) in [6, 6.07) is 5.65. The summed E-state index contributed by atoms with van der Waals surface area (Å²) in [5.41, 5.74) is 5.96. The number of phenols is 2. The molecule has 4 aromatic rings. The van der Waals surface area contributed by atoms with Crippen molar-refractivity contribution in [1.82, 2.24) is 24.7 Å². The molecule has 2 amide bonds. The van der Waals surface area contributed by atoms with Crippen LogP contribution in [0.15, 0.2) is 63.1 Å². The number of anilines is 2. The molecule has 1 saturated carbocycles. The fraction of sp³-hybridized carbons (Fsp3) is 0.324. The average molecular weight is 835 g/mol. The van der Waals surface area contributed by atoms with Gasteiger partial charge >= 0.3 is 11.9 Å². The molecule has 18 nitrogen and oxygen atoms in total. The second-order valence-corrected chi connectivity index (χ2v) is 16.1. The highest BCUT2D eigenvalue weighted by Crippen LogP contribution is 2.41. The van der Waals surface area contributed by atoms with E-state index in [1.807, 2.05) is 9.80 Å². The summed E-state index contributed by atoms with van der Waals surface area (Å²) in [6.45, 7) is 1.66. The molecule has 2 aromatic carbocycles. The van der Waals surface area contributed by atoms with E-state index in [-0.39, 0.29) is 69.8 Å². The minimum Gasteiger partial charge on any atom is -0.504 e. The van der Waals surface area contributed by atoms with Crippen LogP contribution < -0.4 is 21.4 Å². The molecule has 2 aromatic heterocycles. The molecule has 3 fully saturated rings. The zero-order valence-corrected chi connectivity index (χ0v) is 32.0. The Bertz CT molecular complexity index is 2510. The van der Waals surface area contributed by atoms with E-state index in [0.29, 0.717) is 42.8 Å². The van der Waals surface area contributed by atoms with Crippen molar-refractivity contribution in [1.29, 1.82) is 0 Å². The minimum atomic E-state index is -1.37. The summed E-state index contributed by atoms with van der Waals surface area (Å²) in [5, 5.41) is 46.7. The molecular weight excluding hydrogens is 800 g/mol. The number of piperazine rings is 1. The van der Waals surface area contributed by atoms with Gasteiger partial charge in [0, 0.05) is 61.5 Å². The first-order valence-electron chi connectivity index (χ1n) is 18.0. The molecule has 302 valence electrons. The van der Waals surface area contributed by atoms with Gasteiger partial charge in [0.1, 0.15) is 40.8 Å². The van der Waals surface area contributed by atoms with Crippen LogP contribution in [-0.2, 0) is 25.8 Å². The van der Waals surface area contributed by atoms with Crippen LogP contribution in [0, 0.1) is 5.82 Å². The van der Waals surface area contributed by atoms with Gasteiger partial charge in [0.05, 0.1) is 11.2 Å². The molecule has 0 radical (unpaired) electrons.